The standard InChI is InChI=1S/C14H25NO5/c1-8(2)5-10(7-19-6-9(3)4)15-13(16)11-12(20-11)14(17)18/h8-12H,5-7H2,1-4H3,(H,15,16)(H,17,18). The van der Waals surface area contributed by atoms with E-state index in [4.69, 9.17) is 14.6 Å². The van der Waals surface area contributed by atoms with Crippen LogP contribution in [0.15, 0.2) is 0 Å². The van der Waals surface area contributed by atoms with Crippen molar-refractivity contribution in [2.75, 3.05) is 13.2 Å². The summed E-state index contributed by atoms with van der Waals surface area (Å²) in [5.74, 6) is -0.607. The van der Waals surface area contributed by atoms with E-state index in [-0.39, 0.29) is 11.9 Å². The van der Waals surface area contributed by atoms with E-state index in [1.165, 1.54) is 0 Å². The molecule has 0 saturated carbocycles. The van der Waals surface area contributed by atoms with Crippen LogP contribution in [0.2, 0.25) is 0 Å². The lowest BCUT2D eigenvalue weighted by Crippen LogP contribution is -2.42. The highest BCUT2D eigenvalue weighted by Gasteiger charge is 2.51. The highest BCUT2D eigenvalue weighted by atomic mass is 16.6. The van der Waals surface area contributed by atoms with Crippen LogP contribution in [-0.2, 0) is 19.1 Å². The molecule has 1 amide bonds. The molecule has 0 bridgehead atoms. The maximum absolute atomic E-state index is 11.9. The number of carbonyl (C=O) groups excluding carboxylic acids is 1. The van der Waals surface area contributed by atoms with Gasteiger partial charge in [-0.05, 0) is 18.3 Å². The van der Waals surface area contributed by atoms with Crippen LogP contribution in [0.4, 0.5) is 0 Å². The Balaban J connectivity index is 2.39. The third-order valence-electron chi connectivity index (χ3n) is 2.87. The molecule has 1 aliphatic rings. The summed E-state index contributed by atoms with van der Waals surface area (Å²) in [4.78, 5) is 22.5. The summed E-state index contributed by atoms with van der Waals surface area (Å²) in [6.07, 6.45) is -1.06. The van der Waals surface area contributed by atoms with Crippen molar-refractivity contribution in [2.45, 2.75) is 52.4 Å². The van der Waals surface area contributed by atoms with Gasteiger partial charge in [0.15, 0.2) is 12.2 Å². The Labute approximate surface area is 119 Å². The van der Waals surface area contributed by atoms with Crippen molar-refractivity contribution >= 4 is 11.9 Å². The predicted molar refractivity (Wildman–Crippen MR) is 73.3 cm³/mol. The van der Waals surface area contributed by atoms with E-state index in [1.807, 2.05) is 0 Å². The maximum Gasteiger partial charge on any atom is 0.336 e. The monoisotopic (exact) mass is 287 g/mol. The quantitative estimate of drug-likeness (QED) is 0.619. The highest BCUT2D eigenvalue weighted by molar-refractivity contribution is 5.92. The predicted octanol–water partition coefficient (Wildman–Crippen LogP) is 1.04. The third-order valence-corrected chi connectivity index (χ3v) is 2.87. The fourth-order valence-electron chi connectivity index (χ4n) is 1.97. The molecule has 0 radical (unpaired) electrons. The van der Waals surface area contributed by atoms with Gasteiger partial charge in [-0.1, -0.05) is 27.7 Å². The SMILES string of the molecule is CC(C)COCC(CC(C)C)NC(=O)C1OC1C(=O)O. The second-order valence-corrected chi connectivity index (χ2v) is 6.08. The first kappa shape index (κ1) is 16.9. The number of carbonyl (C=O) groups is 2. The maximum atomic E-state index is 11.9. The Morgan fingerprint density at radius 1 is 1.15 bits per heavy atom. The third kappa shape index (κ3) is 5.88. The minimum Gasteiger partial charge on any atom is -0.479 e. The van der Waals surface area contributed by atoms with E-state index in [0.717, 1.165) is 6.42 Å². The number of carboxylic acids is 1. The smallest absolute Gasteiger partial charge is 0.336 e. The molecular weight excluding hydrogens is 262 g/mol. The van der Waals surface area contributed by atoms with Gasteiger partial charge < -0.3 is 19.9 Å². The molecule has 0 aromatic carbocycles. The molecule has 3 unspecified atom stereocenters. The van der Waals surface area contributed by atoms with E-state index in [2.05, 4.69) is 33.0 Å². The number of nitrogens with one attached hydrogen (secondary N) is 1. The van der Waals surface area contributed by atoms with Gasteiger partial charge in [0, 0.05) is 6.61 Å². The molecule has 116 valence electrons. The largest absolute Gasteiger partial charge is 0.479 e. The van der Waals surface area contributed by atoms with Crippen molar-refractivity contribution < 1.29 is 24.2 Å². The summed E-state index contributed by atoms with van der Waals surface area (Å²) < 4.78 is 10.4. The van der Waals surface area contributed by atoms with Gasteiger partial charge >= 0.3 is 5.97 Å². The lowest BCUT2D eigenvalue weighted by Gasteiger charge is -2.21. The molecule has 0 aliphatic carbocycles. The first-order chi connectivity index (χ1) is 9.31. The summed E-state index contributed by atoms with van der Waals surface area (Å²) in [5.41, 5.74) is 0. The number of ether oxygens (including phenoxy) is 2. The second-order valence-electron chi connectivity index (χ2n) is 6.08. The molecule has 0 aromatic rings. The Hall–Kier alpha value is -1.14. The summed E-state index contributed by atoms with van der Waals surface area (Å²) in [5, 5.41) is 11.5. The molecule has 2 N–H and O–H groups in total. The molecule has 1 heterocycles. The van der Waals surface area contributed by atoms with Gasteiger partial charge in [-0.15, -0.1) is 0 Å². The van der Waals surface area contributed by atoms with E-state index in [9.17, 15) is 9.59 Å². The van der Waals surface area contributed by atoms with Crippen molar-refractivity contribution in [1.82, 2.24) is 5.32 Å². The Morgan fingerprint density at radius 2 is 1.80 bits per heavy atom. The van der Waals surface area contributed by atoms with Crippen molar-refractivity contribution in [3.8, 4) is 0 Å². The van der Waals surface area contributed by atoms with E-state index >= 15 is 0 Å². The number of epoxide rings is 1. The molecule has 20 heavy (non-hydrogen) atoms. The van der Waals surface area contributed by atoms with Gasteiger partial charge in [-0.25, -0.2) is 4.79 Å². The molecular formula is C14H25NO5. The fraction of sp³-hybridized carbons (Fsp3) is 0.857. The van der Waals surface area contributed by atoms with Crippen molar-refractivity contribution in [2.24, 2.45) is 11.8 Å². The zero-order chi connectivity index (χ0) is 15.3. The summed E-state index contributed by atoms with van der Waals surface area (Å²) >= 11 is 0. The van der Waals surface area contributed by atoms with Crippen LogP contribution in [0.1, 0.15) is 34.1 Å². The number of hydrogen-bond donors (Lipinski definition) is 2. The molecule has 0 spiro atoms. The molecule has 0 aromatic heterocycles. The molecule has 1 rings (SSSR count). The summed E-state index contributed by atoms with van der Waals surface area (Å²) in [6.45, 7) is 9.33. The van der Waals surface area contributed by atoms with Crippen molar-refractivity contribution in [3.63, 3.8) is 0 Å². The fourth-order valence-corrected chi connectivity index (χ4v) is 1.97. The minimum absolute atomic E-state index is 0.111. The van der Waals surface area contributed by atoms with Crippen molar-refractivity contribution in [3.05, 3.63) is 0 Å². The van der Waals surface area contributed by atoms with Crippen LogP contribution in [0, 0.1) is 11.8 Å². The number of hydrogen-bond acceptors (Lipinski definition) is 4. The van der Waals surface area contributed by atoms with Gasteiger partial charge in [0.2, 0.25) is 0 Å². The lowest BCUT2D eigenvalue weighted by molar-refractivity contribution is -0.138. The molecule has 1 saturated heterocycles. The van der Waals surface area contributed by atoms with Gasteiger partial charge in [0.05, 0.1) is 12.6 Å². The molecule has 6 heteroatoms. The summed E-state index contributed by atoms with van der Waals surface area (Å²) in [6, 6.07) is -0.111. The van der Waals surface area contributed by atoms with Gasteiger partial charge in [0.25, 0.3) is 5.91 Å². The second kappa shape index (κ2) is 7.59. The Kier molecular flexibility index (Phi) is 6.42. The lowest BCUT2D eigenvalue weighted by atomic mass is 10.0. The van der Waals surface area contributed by atoms with Crippen LogP contribution in [0.25, 0.3) is 0 Å². The average Bonchev–Trinajstić information content (AvgIpc) is 3.06. The van der Waals surface area contributed by atoms with E-state index in [1.54, 1.807) is 0 Å². The highest BCUT2D eigenvalue weighted by Crippen LogP contribution is 2.22. The van der Waals surface area contributed by atoms with Crippen LogP contribution in [0.5, 0.6) is 0 Å². The van der Waals surface area contributed by atoms with Gasteiger partial charge in [-0.3, -0.25) is 4.79 Å². The van der Waals surface area contributed by atoms with Gasteiger partial charge in [0.1, 0.15) is 0 Å². The normalized spacial score (nSPS) is 22.9. The first-order valence-corrected chi connectivity index (χ1v) is 7.07. The van der Waals surface area contributed by atoms with E-state index < -0.39 is 18.2 Å². The molecule has 1 aliphatic heterocycles. The van der Waals surface area contributed by atoms with Crippen molar-refractivity contribution in [1.29, 1.82) is 0 Å². The Morgan fingerprint density at radius 3 is 2.25 bits per heavy atom. The summed E-state index contributed by atoms with van der Waals surface area (Å²) in [7, 11) is 0. The zero-order valence-electron chi connectivity index (χ0n) is 12.6. The number of rotatable bonds is 9. The van der Waals surface area contributed by atoms with Crippen LogP contribution >= 0.6 is 0 Å². The number of carboxylic acid groups (broad SMARTS) is 1. The first-order valence-electron chi connectivity index (χ1n) is 7.07. The zero-order valence-corrected chi connectivity index (χ0v) is 12.6. The van der Waals surface area contributed by atoms with Crippen LogP contribution in [-0.4, -0.2) is 48.4 Å². The molecule has 6 nitrogen and oxygen atoms in total. The van der Waals surface area contributed by atoms with Gasteiger partial charge in [-0.2, -0.15) is 0 Å². The van der Waals surface area contributed by atoms with Crippen LogP contribution < -0.4 is 5.32 Å². The van der Waals surface area contributed by atoms with Crippen LogP contribution in [0.3, 0.4) is 0 Å². The molecule has 1 fully saturated rings. The van der Waals surface area contributed by atoms with E-state index in [0.29, 0.717) is 25.0 Å². The number of amides is 1. The topological polar surface area (TPSA) is 88.2 Å². The minimum atomic E-state index is -1.10. The number of aliphatic carboxylic acids is 1. The molecule has 3 atom stereocenters. The average molecular weight is 287 g/mol. The Bertz CT molecular complexity index is 342.